The normalized spacial score (nSPS) is 46.2. The predicted octanol–water partition coefficient (Wildman–Crippen LogP) is 6.69. The summed E-state index contributed by atoms with van der Waals surface area (Å²) < 4.78 is 33.7. The van der Waals surface area contributed by atoms with Crippen molar-refractivity contribution in [1.82, 2.24) is 0 Å². The number of ketones is 2. The van der Waals surface area contributed by atoms with Crippen LogP contribution in [-0.2, 0) is 33.3 Å². The van der Waals surface area contributed by atoms with Crippen LogP contribution in [0.3, 0.4) is 0 Å². The lowest BCUT2D eigenvalue weighted by Gasteiger charge is -2.54. The molecule has 0 aromatic heterocycles. The second kappa shape index (κ2) is 16.3. The second-order valence-electron chi connectivity index (χ2n) is 18.2. The first kappa shape index (κ1) is 42.9. The number of carbonyl (C=O) groups is 2. The van der Waals surface area contributed by atoms with Crippen LogP contribution in [0.2, 0.25) is 0 Å². The first-order valence-electron chi connectivity index (χ1n) is 21.0. The Kier molecular flexibility index (Phi) is 13.2. The minimum absolute atomic E-state index is 0.0373. The van der Waals surface area contributed by atoms with Crippen LogP contribution in [0.1, 0.15) is 140 Å². The summed E-state index contributed by atoms with van der Waals surface area (Å²) >= 11 is 0. The monoisotopic (exact) mass is 749 g/mol. The molecule has 53 heavy (non-hydrogen) atoms. The van der Waals surface area contributed by atoms with Gasteiger partial charge in [-0.05, 0) is 103 Å². The number of hydrogen-bond donors (Lipinski definition) is 3. The molecule has 3 N–H and O–H groups in total. The first-order chi connectivity index (χ1) is 24.8. The van der Waals surface area contributed by atoms with Gasteiger partial charge in [-0.1, -0.05) is 55.4 Å². The summed E-state index contributed by atoms with van der Waals surface area (Å²) in [6.45, 7) is 21.6. The zero-order valence-corrected chi connectivity index (χ0v) is 34.5. The molecule has 5 heterocycles. The number of hydrogen-bond acceptors (Lipinski definition) is 10. The summed E-state index contributed by atoms with van der Waals surface area (Å²) in [6, 6.07) is 0. The molecule has 4 saturated heterocycles. The molecule has 0 saturated carbocycles. The topological polar surface area (TPSA) is 141 Å². The molecule has 2 spiro atoms. The fraction of sp³-hybridized carbons (Fsp3) is 0.907. The van der Waals surface area contributed by atoms with Gasteiger partial charge in [0.25, 0.3) is 0 Å². The van der Waals surface area contributed by atoms with Crippen molar-refractivity contribution >= 4 is 11.6 Å². The largest absolute Gasteiger partial charge is 0.392 e. The van der Waals surface area contributed by atoms with E-state index in [1.165, 1.54) is 0 Å². The molecule has 0 bridgehead atoms. The molecule has 10 heteroatoms. The number of ether oxygens (including phenoxy) is 5. The Labute approximate surface area is 319 Å². The average Bonchev–Trinajstić information content (AvgIpc) is 3.47. The molecule has 18 atom stereocenters. The zero-order valence-electron chi connectivity index (χ0n) is 34.5. The lowest BCUT2D eigenvalue weighted by atomic mass is 9.72. The van der Waals surface area contributed by atoms with Crippen LogP contribution in [0, 0.1) is 41.4 Å². The molecule has 5 aliphatic heterocycles. The molecule has 0 aromatic carbocycles. The van der Waals surface area contributed by atoms with E-state index < -0.39 is 52.9 Å². The van der Waals surface area contributed by atoms with Gasteiger partial charge in [-0.25, -0.2) is 0 Å². The second-order valence-corrected chi connectivity index (χ2v) is 18.2. The van der Waals surface area contributed by atoms with Gasteiger partial charge in [0.2, 0.25) is 5.79 Å². The van der Waals surface area contributed by atoms with E-state index in [0.29, 0.717) is 44.9 Å². The quantitative estimate of drug-likeness (QED) is 0.185. The zero-order chi connectivity index (χ0) is 39.3. The summed E-state index contributed by atoms with van der Waals surface area (Å²) in [4.78, 5) is 26.8. The number of rotatable bonds is 12. The third-order valence-electron chi connectivity index (χ3n) is 14.7. The van der Waals surface area contributed by atoms with Crippen molar-refractivity contribution in [1.29, 1.82) is 0 Å². The van der Waals surface area contributed by atoms with Crippen LogP contribution >= 0.6 is 0 Å². The lowest BCUT2D eigenvalue weighted by molar-refractivity contribution is -0.409. The molecule has 0 radical (unpaired) electrons. The molecule has 0 amide bonds. The van der Waals surface area contributed by atoms with E-state index in [0.717, 1.165) is 19.3 Å². The van der Waals surface area contributed by atoms with Gasteiger partial charge < -0.3 is 39.0 Å². The van der Waals surface area contributed by atoms with E-state index in [1.54, 1.807) is 13.0 Å². The van der Waals surface area contributed by atoms with Crippen LogP contribution in [0.15, 0.2) is 12.2 Å². The Balaban J connectivity index is 1.31. The highest BCUT2D eigenvalue weighted by Gasteiger charge is 2.63. The van der Waals surface area contributed by atoms with E-state index in [2.05, 4.69) is 20.8 Å². The van der Waals surface area contributed by atoms with Crippen molar-refractivity contribution in [3.8, 4) is 0 Å². The summed E-state index contributed by atoms with van der Waals surface area (Å²) in [5.41, 5.74) is -1.61. The SMILES string of the molecule is CC[C@@H](C(=O)[C@@H](C)[C@@H](O)[C@H](C)[C@@H]1O[C@@H]([C@@H](CC)C(C)=O)CC[C@@H]1C)[C@H]1O[C@]2(C=C[C@@H](O)[C@]3(CC[C@@](C)([C@H]4CC[C@](O)(CC)[C@H](C)O4)O3)O2)[C@H](C)C[C@@H]1C. The number of aliphatic hydroxyl groups excluding tert-OH is 2. The number of aliphatic hydroxyl groups is 3. The Bertz CT molecular complexity index is 1320. The molecule has 304 valence electrons. The van der Waals surface area contributed by atoms with Gasteiger partial charge in [0.05, 0.1) is 47.8 Å². The highest BCUT2D eigenvalue weighted by Crippen LogP contribution is 2.54. The minimum atomic E-state index is -1.35. The molecule has 10 nitrogen and oxygen atoms in total. The summed E-state index contributed by atoms with van der Waals surface area (Å²) in [5.74, 6) is -3.98. The number of Topliss-reactive ketones (excluding diaryl/α,β-unsaturated/α-hetero) is 2. The van der Waals surface area contributed by atoms with Crippen molar-refractivity contribution in [3.63, 3.8) is 0 Å². The van der Waals surface area contributed by atoms with Gasteiger partial charge in [-0.2, -0.15) is 0 Å². The number of carbonyl (C=O) groups excluding carboxylic acids is 2. The van der Waals surface area contributed by atoms with Crippen LogP contribution in [-0.4, -0.2) is 92.4 Å². The van der Waals surface area contributed by atoms with Gasteiger partial charge in [-0.15, -0.1) is 0 Å². The van der Waals surface area contributed by atoms with Crippen LogP contribution in [0.4, 0.5) is 0 Å². The average molecular weight is 749 g/mol. The standard InChI is InChI=1S/C43H72O10/c1-12-31(29(9)44)33-16-15-24(4)38(50-33)28(8)36(46)27(7)37(47)32(13-2)39-25(5)23-26(6)42(51-39)20-17-34(45)43(53-42)22-21-40(11,52-43)35-18-19-41(48,14-3)30(10)49-35/h17,20,24-28,30-36,38-39,45-46,48H,12-16,18-19,21-23H2,1-11H3/t24-,25-,26+,27-,28-,30-,31-,32-,33+,34+,35+,36+,38+,39-,40-,41+,42-,43-/m0/s1. The first-order valence-corrected chi connectivity index (χ1v) is 21.0. The maximum Gasteiger partial charge on any atom is 0.202 e. The molecule has 0 aromatic rings. The Morgan fingerprint density at radius 3 is 2.17 bits per heavy atom. The molecular weight excluding hydrogens is 676 g/mol. The van der Waals surface area contributed by atoms with E-state index >= 15 is 0 Å². The van der Waals surface area contributed by atoms with Crippen LogP contribution in [0.25, 0.3) is 0 Å². The molecule has 5 rings (SSSR count). The van der Waals surface area contributed by atoms with Crippen molar-refractivity contribution in [2.75, 3.05) is 0 Å². The van der Waals surface area contributed by atoms with E-state index in [4.69, 9.17) is 23.7 Å². The van der Waals surface area contributed by atoms with E-state index in [-0.39, 0.29) is 65.6 Å². The Morgan fingerprint density at radius 1 is 0.887 bits per heavy atom. The molecule has 5 aliphatic rings. The maximum atomic E-state index is 14.5. The van der Waals surface area contributed by atoms with Crippen molar-refractivity contribution < 1.29 is 48.6 Å². The van der Waals surface area contributed by atoms with Crippen molar-refractivity contribution in [3.05, 3.63) is 12.2 Å². The predicted molar refractivity (Wildman–Crippen MR) is 202 cm³/mol. The van der Waals surface area contributed by atoms with Gasteiger partial charge in [0, 0.05) is 36.0 Å². The smallest absolute Gasteiger partial charge is 0.202 e. The highest BCUT2D eigenvalue weighted by atomic mass is 16.8. The molecule has 0 aliphatic carbocycles. The van der Waals surface area contributed by atoms with Gasteiger partial charge in [0.1, 0.15) is 17.7 Å². The Morgan fingerprint density at radius 2 is 1.57 bits per heavy atom. The summed E-state index contributed by atoms with van der Waals surface area (Å²) in [7, 11) is 0. The van der Waals surface area contributed by atoms with Crippen LogP contribution in [0.5, 0.6) is 0 Å². The third kappa shape index (κ3) is 8.01. The van der Waals surface area contributed by atoms with Gasteiger partial charge in [0.15, 0.2) is 5.79 Å². The molecule has 4 fully saturated rings. The Hall–Kier alpha value is -1.24. The van der Waals surface area contributed by atoms with E-state index in [1.807, 2.05) is 54.5 Å². The highest BCUT2D eigenvalue weighted by molar-refractivity contribution is 5.84. The van der Waals surface area contributed by atoms with E-state index in [9.17, 15) is 24.9 Å². The summed E-state index contributed by atoms with van der Waals surface area (Å²) in [5, 5.41) is 34.3. The molecular formula is C43H72O10. The van der Waals surface area contributed by atoms with Gasteiger partial charge >= 0.3 is 0 Å². The summed E-state index contributed by atoms with van der Waals surface area (Å²) in [6.07, 6.45) is 6.65. The van der Waals surface area contributed by atoms with Gasteiger partial charge in [-0.3, -0.25) is 9.59 Å². The van der Waals surface area contributed by atoms with Crippen LogP contribution < -0.4 is 0 Å². The molecule has 0 unspecified atom stereocenters. The fourth-order valence-electron chi connectivity index (χ4n) is 10.7. The van der Waals surface area contributed by atoms with Crippen molar-refractivity contribution in [2.24, 2.45) is 41.4 Å². The minimum Gasteiger partial charge on any atom is -0.392 e. The lowest BCUT2D eigenvalue weighted by Crippen LogP contribution is -2.63. The van der Waals surface area contributed by atoms with Crippen molar-refractivity contribution in [2.45, 2.75) is 206 Å². The third-order valence-corrected chi connectivity index (χ3v) is 14.7. The fourth-order valence-corrected chi connectivity index (χ4v) is 10.7. The maximum absolute atomic E-state index is 14.5.